The van der Waals surface area contributed by atoms with Gasteiger partial charge in [-0.05, 0) is 31.2 Å². The van der Waals surface area contributed by atoms with Crippen LogP contribution in [0.1, 0.15) is 15.4 Å². The Balaban J connectivity index is 2.20. The molecule has 0 aliphatic carbocycles. The highest BCUT2D eigenvalue weighted by molar-refractivity contribution is 7.93. The fraction of sp³-hybridized carbons (Fsp3) is 0.200. The summed E-state index contributed by atoms with van der Waals surface area (Å²) in [6.45, 7) is 5.49. The lowest BCUT2D eigenvalue weighted by Crippen LogP contribution is -2.22. The van der Waals surface area contributed by atoms with Gasteiger partial charge in [0.25, 0.3) is 15.9 Å². The Morgan fingerprint density at radius 3 is 2.62 bits per heavy atom. The van der Waals surface area contributed by atoms with E-state index in [-0.39, 0.29) is 15.9 Å². The molecule has 0 radical (unpaired) electrons. The predicted octanol–water partition coefficient (Wildman–Crippen LogP) is 2.18. The second-order valence-corrected chi connectivity index (χ2v) is 7.39. The topological polar surface area (TPSA) is 97.4 Å². The minimum absolute atomic E-state index is 0.0776. The van der Waals surface area contributed by atoms with Crippen LogP contribution in [0.2, 0.25) is 0 Å². The summed E-state index contributed by atoms with van der Waals surface area (Å²) in [5.41, 5.74) is 0.453. The van der Waals surface area contributed by atoms with Crippen LogP contribution in [-0.4, -0.2) is 33.0 Å². The van der Waals surface area contributed by atoms with Crippen molar-refractivity contribution >= 4 is 32.4 Å². The van der Waals surface area contributed by atoms with Gasteiger partial charge in [-0.3, -0.25) is 9.52 Å². The van der Waals surface area contributed by atoms with Crippen molar-refractivity contribution < 1.29 is 17.9 Å². The Kier molecular flexibility index (Phi) is 5.58. The number of nitrogens with zero attached hydrogens (tertiary/aromatic N) is 1. The zero-order valence-electron chi connectivity index (χ0n) is 13.2. The Hall–Kier alpha value is -2.39. The highest BCUT2D eigenvalue weighted by atomic mass is 32.2. The highest BCUT2D eigenvalue weighted by Crippen LogP contribution is 2.25. The van der Waals surface area contributed by atoms with E-state index in [1.807, 2.05) is 0 Å². The van der Waals surface area contributed by atoms with Crippen molar-refractivity contribution in [2.75, 3.05) is 18.4 Å². The van der Waals surface area contributed by atoms with Crippen LogP contribution in [0.4, 0.5) is 5.13 Å². The fourth-order valence-corrected chi connectivity index (χ4v) is 3.94. The number of anilines is 1. The van der Waals surface area contributed by atoms with E-state index in [0.717, 1.165) is 11.3 Å². The number of aromatic nitrogens is 1. The van der Waals surface area contributed by atoms with Crippen molar-refractivity contribution in [2.24, 2.45) is 0 Å². The van der Waals surface area contributed by atoms with Crippen LogP contribution < -0.4 is 14.8 Å². The van der Waals surface area contributed by atoms with E-state index in [0.29, 0.717) is 22.9 Å². The van der Waals surface area contributed by atoms with Crippen molar-refractivity contribution in [1.29, 1.82) is 0 Å². The summed E-state index contributed by atoms with van der Waals surface area (Å²) in [5.74, 6) is 0.236. The van der Waals surface area contributed by atoms with Gasteiger partial charge in [-0.2, -0.15) is 0 Å². The number of aryl methyl sites for hydroxylation is 1. The van der Waals surface area contributed by atoms with Gasteiger partial charge < -0.3 is 10.1 Å². The molecule has 2 aromatic rings. The average molecular weight is 367 g/mol. The molecule has 2 N–H and O–H groups in total. The highest BCUT2D eigenvalue weighted by Gasteiger charge is 2.20. The largest absolute Gasteiger partial charge is 0.497 e. The van der Waals surface area contributed by atoms with E-state index in [9.17, 15) is 13.2 Å². The van der Waals surface area contributed by atoms with Crippen LogP contribution >= 0.6 is 11.3 Å². The number of carbonyl (C=O) groups is 1. The maximum atomic E-state index is 12.4. The monoisotopic (exact) mass is 367 g/mol. The molecule has 9 heteroatoms. The number of benzene rings is 1. The van der Waals surface area contributed by atoms with E-state index in [2.05, 4.69) is 21.6 Å². The molecule has 1 amide bonds. The molecule has 0 atom stereocenters. The maximum Gasteiger partial charge on any atom is 0.263 e. The Morgan fingerprint density at radius 1 is 1.38 bits per heavy atom. The molecule has 0 aliphatic heterocycles. The summed E-state index contributed by atoms with van der Waals surface area (Å²) in [6.07, 6.45) is 1.56. The molecule has 1 heterocycles. The fourth-order valence-electron chi connectivity index (χ4n) is 1.82. The second kappa shape index (κ2) is 7.45. The summed E-state index contributed by atoms with van der Waals surface area (Å²) < 4.78 is 32.1. The Labute approximate surface area is 144 Å². The van der Waals surface area contributed by atoms with Gasteiger partial charge in [-0.15, -0.1) is 6.58 Å². The third kappa shape index (κ3) is 4.12. The second-order valence-electron chi connectivity index (χ2n) is 4.71. The van der Waals surface area contributed by atoms with Gasteiger partial charge in [0.1, 0.15) is 10.6 Å². The number of nitrogens with one attached hydrogen (secondary N) is 2. The number of amides is 1. The molecule has 0 fully saturated rings. The number of hydrogen-bond donors (Lipinski definition) is 2. The molecule has 0 bridgehead atoms. The molecule has 24 heavy (non-hydrogen) atoms. The number of hydrogen-bond acceptors (Lipinski definition) is 6. The van der Waals surface area contributed by atoms with Crippen molar-refractivity contribution in [2.45, 2.75) is 11.8 Å². The summed E-state index contributed by atoms with van der Waals surface area (Å²) in [7, 11) is -2.29. The molecule has 2 rings (SSSR count). The summed E-state index contributed by atoms with van der Waals surface area (Å²) in [6, 6.07) is 5.96. The van der Waals surface area contributed by atoms with Crippen LogP contribution in [0, 0.1) is 6.92 Å². The molecular formula is C15H17N3O4S2. The molecule has 7 nitrogen and oxygen atoms in total. The van der Waals surface area contributed by atoms with Gasteiger partial charge in [0.15, 0.2) is 5.13 Å². The molecule has 0 aliphatic rings. The minimum atomic E-state index is -3.79. The number of ether oxygens (including phenoxy) is 1. The normalized spacial score (nSPS) is 10.9. The van der Waals surface area contributed by atoms with Crippen molar-refractivity contribution in [3.63, 3.8) is 0 Å². The first-order valence-corrected chi connectivity index (χ1v) is 9.20. The van der Waals surface area contributed by atoms with Crippen LogP contribution in [0.15, 0.2) is 41.8 Å². The van der Waals surface area contributed by atoms with Crippen LogP contribution in [-0.2, 0) is 10.0 Å². The standard InChI is InChI=1S/C15H17N3O4S2/c1-4-9-16-14(19)13-10(2)17-15(23-13)18-24(20,21)12-7-5-11(22-3)6-8-12/h4-8H,1,9H2,2-3H3,(H,16,19)(H,17,18). The molecule has 0 saturated carbocycles. The van der Waals surface area contributed by atoms with Gasteiger partial charge in [0.05, 0.1) is 17.7 Å². The summed E-state index contributed by atoms with van der Waals surface area (Å²) in [5, 5.41) is 2.76. The first kappa shape index (κ1) is 18.0. The van der Waals surface area contributed by atoms with Crippen molar-refractivity contribution in [3.8, 4) is 5.75 Å². The van der Waals surface area contributed by atoms with E-state index in [1.54, 1.807) is 25.1 Å². The van der Waals surface area contributed by atoms with Gasteiger partial charge >= 0.3 is 0 Å². The predicted molar refractivity (Wildman–Crippen MR) is 93.2 cm³/mol. The lowest BCUT2D eigenvalue weighted by Gasteiger charge is -2.06. The SMILES string of the molecule is C=CCNC(=O)c1sc(NS(=O)(=O)c2ccc(OC)cc2)nc1C. The first-order valence-electron chi connectivity index (χ1n) is 6.90. The quantitative estimate of drug-likeness (QED) is 0.731. The number of rotatable bonds is 7. The number of sulfonamides is 1. The zero-order valence-corrected chi connectivity index (χ0v) is 14.8. The lowest BCUT2D eigenvalue weighted by molar-refractivity contribution is 0.0961. The molecule has 128 valence electrons. The Morgan fingerprint density at radius 2 is 2.04 bits per heavy atom. The molecule has 1 aromatic carbocycles. The van der Waals surface area contributed by atoms with E-state index in [4.69, 9.17) is 4.74 Å². The number of methoxy groups -OCH3 is 1. The van der Waals surface area contributed by atoms with Gasteiger partial charge in [-0.25, -0.2) is 13.4 Å². The minimum Gasteiger partial charge on any atom is -0.497 e. The third-order valence-electron chi connectivity index (χ3n) is 3.00. The lowest BCUT2D eigenvalue weighted by atomic mass is 10.3. The van der Waals surface area contributed by atoms with E-state index < -0.39 is 10.0 Å². The van der Waals surface area contributed by atoms with E-state index in [1.165, 1.54) is 19.2 Å². The molecule has 0 spiro atoms. The van der Waals surface area contributed by atoms with Crippen LogP contribution in [0.5, 0.6) is 5.75 Å². The van der Waals surface area contributed by atoms with Crippen LogP contribution in [0.3, 0.4) is 0 Å². The molecule has 0 unspecified atom stereocenters. The van der Waals surface area contributed by atoms with Gasteiger partial charge in [-0.1, -0.05) is 17.4 Å². The average Bonchev–Trinajstić information content (AvgIpc) is 2.92. The molecule has 0 saturated heterocycles. The summed E-state index contributed by atoms with van der Waals surface area (Å²) >= 11 is 0.975. The summed E-state index contributed by atoms with van der Waals surface area (Å²) in [4.78, 5) is 16.5. The number of carbonyl (C=O) groups excluding carboxylic acids is 1. The number of thiazole rings is 1. The van der Waals surface area contributed by atoms with Gasteiger partial charge in [0.2, 0.25) is 0 Å². The molecular weight excluding hydrogens is 350 g/mol. The van der Waals surface area contributed by atoms with Crippen molar-refractivity contribution in [1.82, 2.24) is 10.3 Å². The first-order chi connectivity index (χ1) is 11.4. The zero-order chi connectivity index (χ0) is 17.7. The van der Waals surface area contributed by atoms with Crippen LogP contribution in [0.25, 0.3) is 0 Å². The molecule has 1 aromatic heterocycles. The van der Waals surface area contributed by atoms with Gasteiger partial charge in [0, 0.05) is 6.54 Å². The smallest absolute Gasteiger partial charge is 0.263 e. The maximum absolute atomic E-state index is 12.4. The third-order valence-corrected chi connectivity index (χ3v) is 5.56. The van der Waals surface area contributed by atoms with E-state index >= 15 is 0 Å². The Bertz CT molecular complexity index is 842. The van der Waals surface area contributed by atoms with Crippen molar-refractivity contribution in [3.05, 3.63) is 47.5 Å².